The number of aromatic nitrogens is 2. The largest absolute Gasteiger partial charge is 0.423 e. The van der Waals surface area contributed by atoms with Crippen molar-refractivity contribution in [2.24, 2.45) is 5.10 Å². The molecule has 1 aromatic heterocycles. The van der Waals surface area contributed by atoms with E-state index < -0.39 is 5.97 Å². The maximum Gasteiger partial charge on any atom is 0.343 e. The molecule has 0 aliphatic carbocycles. The molecule has 0 saturated carbocycles. The Morgan fingerprint density at radius 3 is 2.41 bits per heavy atom. The fourth-order valence-electron chi connectivity index (χ4n) is 2.78. The third-order valence-electron chi connectivity index (χ3n) is 4.23. The van der Waals surface area contributed by atoms with Gasteiger partial charge in [0.1, 0.15) is 5.75 Å². The van der Waals surface area contributed by atoms with Crippen LogP contribution in [0.4, 0.5) is 5.69 Å². The van der Waals surface area contributed by atoms with E-state index >= 15 is 0 Å². The number of hydrogen-bond acceptors (Lipinski definition) is 7. The first-order valence-electron chi connectivity index (χ1n) is 8.63. The van der Waals surface area contributed by atoms with Crippen LogP contribution in [0.25, 0.3) is 11.4 Å². The van der Waals surface area contributed by atoms with Crippen LogP contribution in [-0.4, -0.2) is 28.4 Å². The van der Waals surface area contributed by atoms with Crippen LogP contribution in [0.3, 0.4) is 0 Å². The highest BCUT2D eigenvalue weighted by Crippen LogP contribution is 2.22. The Hall–Kier alpha value is -3.48. The molecule has 0 N–H and O–H groups in total. The molecule has 0 spiro atoms. The summed E-state index contributed by atoms with van der Waals surface area (Å²) in [6, 6.07) is 14.2. The Bertz CT molecular complexity index is 991. The summed E-state index contributed by atoms with van der Waals surface area (Å²) >= 11 is 0. The van der Waals surface area contributed by atoms with Gasteiger partial charge in [-0.2, -0.15) is 10.1 Å². The fourth-order valence-corrected chi connectivity index (χ4v) is 2.78. The average molecular weight is 362 g/mol. The van der Waals surface area contributed by atoms with Crippen molar-refractivity contribution in [1.82, 2.24) is 10.1 Å². The van der Waals surface area contributed by atoms with E-state index in [1.807, 2.05) is 24.1 Å². The zero-order valence-electron chi connectivity index (χ0n) is 15.0. The number of nitrogens with zero attached hydrogens (tertiary/aromatic N) is 4. The number of hydrogen-bond donors (Lipinski definition) is 0. The molecule has 7 nitrogen and oxygen atoms in total. The third kappa shape index (κ3) is 3.72. The van der Waals surface area contributed by atoms with Gasteiger partial charge in [-0.1, -0.05) is 5.16 Å². The van der Waals surface area contributed by atoms with E-state index in [1.54, 1.807) is 43.3 Å². The van der Waals surface area contributed by atoms with Crippen LogP contribution in [0.1, 0.15) is 29.6 Å². The van der Waals surface area contributed by atoms with Gasteiger partial charge >= 0.3 is 5.97 Å². The summed E-state index contributed by atoms with van der Waals surface area (Å²) in [4.78, 5) is 16.5. The first-order chi connectivity index (χ1) is 13.1. The van der Waals surface area contributed by atoms with Crippen molar-refractivity contribution in [3.05, 3.63) is 60.0 Å². The number of carbonyl (C=O) groups excluding carboxylic acids is 1. The first-order valence-corrected chi connectivity index (χ1v) is 8.63. The van der Waals surface area contributed by atoms with Gasteiger partial charge in [-0.3, -0.25) is 5.01 Å². The van der Waals surface area contributed by atoms with E-state index in [0.29, 0.717) is 23.0 Å². The minimum absolute atomic E-state index is 0.411. The Balaban J connectivity index is 1.43. The van der Waals surface area contributed by atoms with E-state index in [4.69, 9.17) is 9.26 Å². The molecule has 0 fully saturated rings. The van der Waals surface area contributed by atoms with Gasteiger partial charge in [-0.25, -0.2) is 4.79 Å². The summed E-state index contributed by atoms with van der Waals surface area (Å²) in [5.74, 6) is 1.04. The number of benzene rings is 2. The van der Waals surface area contributed by atoms with Gasteiger partial charge in [-0.15, -0.1) is 0 Å². The maximum absolute atomic E-state index is 12.4. The monoisotopic (exact) mass is 362 g/mol. The molecule has 0 bridgehead atoms. The van der Waals surface area contributed by atoms with Gasteiger partial charge in [0.05, 0.1) is 11.3 Å². The second-order valence-electron chi connectivity index (χ2n) is 6.31. The summed E-state index contributed by atoms with van der Waals surface area (Å²) in [6.45, 7) is 4.61. The summed E-state index contributed by atoms with van der Waals surface area (Å²) in [5, 5.41) is 10.2. The lowest BCUT2D eigenvalue weighted by molar-refractivity contribution is 0.0735. The Labute approximate surface area is 156 Å². The molecule has 4 rings (SSSR count). The van der Waals surface area contributed by atoms with Crippen molar-refractivity contribution in [2.45, 2.75) is 20.3 Å². The van der Waals surface area contributed by atoms with Crippen LogP contribution in [0, 0.1) is 6.92 Å². The number of esters is 1. The molecule has 0 unspecified atom stereocenters. The van der Waals surface area contributed by atoms with Gasteiger partial charge < -0.3 is 9.26 Å². The van der Waals surface area contributed by atoms with Crippen LogP contribution in [0.15, 0.2) is 58.2 Å². The topological polar surface area (TPSA) is 80.8 Å². The molecule has 27 heavy (non-hydrogen) atoms. The molecular weight excluding hydrogens is 344 g/mol. The summed E-state index contributed by atoms with van der Waals surface area (Å²) < 4.78 is 10.4. The summed E-state index contributed by atoms with van der Waals surface area (Å²) in [7, 11) is 0. The molecule has 0 radical (unpaired) electrons. The Morgan fingerprint density at radius 2 is 1.81 bits per heavy atom. The summed E-state index contributed by atoms with van der Waals surface area (Å²) in [6.07, 6.45) is 0.962. The van der Waals surface area contributed by atoms with E-state index in [-0.39, 0.29) is 0 Å². The SMILES string of the molecule is CC1=NN(c2ccc(C(=O)Oc3ccc(-c4noc(C)n4)cc3)cc2)CC1. The van der Waals surface area contributed by atoms with Gasteiger partial charge in [0, 0.05) is 31.2 Å². The lowest BCUT2D eigenvalue weighted by Crippen LogP contribution is -2.13. The number of hydrazone groups is 1. The standard InChI is InChI=1S/C20H18N4O3/c1-13-11-12-24(22-13)17-7-3-16(4-8-17)20(25)26-18-9-5-15(6-10-18)19-21-14(2)27-23-19/h3-10H,11-12H2,1-2H3. The third-order valence-corrected chi connectivity index (χ3v) is 4.23. The molecule has 3 aromatic rings. The minimum Gasteiger partial charge on any atom is -0.423 e. The molecule has 7 heteroatoms. The predicted molar refractivity (Wildman–Crippen MR) is 101 cm³/mol. The van der Waals surface area contributed by atoms with Crippen molar-refractivity contribution in [2.75, 3.05) is 11.6 Å². The average Bonchev–Trinajstić information content (AvgIpc) is 3.31. The predicted octanol–water partition coefficient (Wildman–Crippen LogP) is 3.85. The highest BCUT2D eigenvalue weighted by atomic mass is 16.5. The molecule has 1 aliphatic heterocycles. The van der Waals surface area contributed by atoms with E-state index in [0.717, 1.165) is 29.9 Å². The van der Waals surface area contributed by atoms with Crippen LogP contribution in [-0.2, 0) is 0 Å². The van der Waals surface area contributed by atoms with Gasteiger partial charge in [0.15, 0.2) is 0 Å². The van der Waals surface area contributed by atoms with Gasteiger partial charge in [-0.05, 0) is 55.5 Å². The van der Waals surface area contributed by atoms with Crippen molar-refractivity contribution < 1.29 is 14.1 Å². The summed E-state index contributed by atoms with van der Waals surface area (Å²) in [5.41, 5.74) is 3.34. The lowest BCUT2D eigenvalue weighted by atomic mass is 10.2. The zero-order valence-corrected chi connectivity index (χ0v) is 15.0. The Kier molecular flexibility index (Phi) is 4.42. The quantitative estimate of drug-likeness (QED) is 0.518. The normalized spacial score (nSPS) is 13.6. The first kappa shape index (κ1) is 17.0. The lowest BCUT2D eigenvalue weighted by Gasteiger charge is -2.13. The number of carbonyl (C=O) groups is 1. The van der Waals surface area contributed by atoms with E-state index in [1.165, 1.54) is 0 Å². The second-order valence-corrected chi connectivity index (χ2v) is 6.31. The number of anilines is 1. The number of ether oxygens (including phenoxy) is 1. The molecule has 0 amide bonds. The van der Waals surface area contributed by atoms with E-state index in [9.17, 15) is 4.79 Å². The van der Waals surface area contributed by atoms with Crippen molar-refractivity contribution in [3.8, 4) is 17.1 Å². The maximum atomic E-state index is 12.4. The van der Waals surface area contributed by atoms with Crippen LogP contribution in [0.5, 0.6) is 5.75 Å². The van der Waals surface area contributed by atoms with Crippen LogP contribution < -0.4 is 9.75 Å². The van der Waals surface area contributed by atoms with Crippen LogP contribution in [0.2, 0.25) is 0 Å². The van der Waals surface area contributed by atoms with Crippen molar-refractivity contribution in [1.29, 1.82) is 0 Å². The van der Waals surface area contributed by atoms with E-state index in [2.05, 4.69) is 15.2 Å². The highest BCUT2D eigenvalue weighted by Gasteiger charge is 2.14. The van der Waals surface area contributed by atoms with Crippen LogP contribution >= 0.6 is 0 Å². The fraction of sp³-hybridized carbons (Fsp3) is 0.200. The number of aryl methyl sites for hydroxylation is 1. The van der Waals surface area contributed by atoms with Crippen molar-refractivity contribution in [3.63, 3.8) is 0 Å². The molecule has 136 valence electrons. The molecule has 0 saturated heterocycles. The second kappa shape index (κ2) is 7.03. The number of rotatable bonds is 4. The smallest absolute Gasteiger partial charge is 0.343 e. The Morgan fingerprint density at radius 1 is 1.07 bits per heavy atom. The van der Waals surface area contributed by atoms with Gasteiger partial charge in [0.2, 0.25) is 11.7 Å². The minimum atomic E-state index is -0.411. The molecule has 2 heterocycles. The molecular formula is C20H18N4O3. The van der Waals surface area contributed by atoms with Gasteiger partial charge in [0.25, 0.3) is 0 Å². The zero-order chi connectivity index (χ0) is 18.8. The molecule has 2 aromatic carbocycles. The molecule has 0 atom stereocenters. The molecule has 1 aliphatic rings. The van der Waals surface area contributed by atoms with Crippen molar-refractivity contribution >= 4 is 17.4 Å². The highest BCUT2D eigenvalue weighted by molar-refractivity contribution is 5.91.